The number of aliphatic hydroxyl groups is 1. The summed E-state index contributed by atoms with van der Waals surface area (Å²) in [5, 5.41) is 12.1. The van der Waals surface area contributed by atoms with E-state index in [9.17, 15) is 18.8 Å². The van der Waals surface area contributed by atoms with Crippen molar-refractivity contribution in [3.63, 3.8) is 0 Å². The van der Waals surface area contributed by atoms with Gasteiger partial charge in [0.15, 0.2) is 0 Å². The van der Waals surface area contributed by atoms with E-state index in [0.717, 1.165) is 0 Å². The number of ether oxygens (including phenoxy) is 2. The van der Waals surface area contributed by atoms with E-state index in [4.69, 9.17) is 55.4 Å². The highest BCUT2D eigenvalue weighted by Crippen LogP contribution is 2.87. The molecule has 14 rings (SSSR count). The summed E-state index contributed by atoms with van der Waals surface area (Å²) >= 11 is 0. The van der Waals surface area contributed by atoms with Crippen LogP contribution in [0.2, 0.25) is 0 Å². The van der Waals surface area contributed by atoms with Gasteiger partial charge in [-0.05, 0) is 0 Å². The number of phosphoric ester groups is 2. The number of hydrogen-bond acceptors (Lipinski definition) is 19. The van der Waals surface area contributed by atoms with Gasteiger partial charge in [-0.25, -0.2) is 45.7 Å². The molecule has 8 fully saturated rings. The first-order chi connectivity index (χ1) is 14.9. The summed E-state index contributed by atoms with van der Waals surface area (Å²) in [6.45, 7) is -0.941. The van der Waals surface area contributed by atoms with Crippen LogP contribution in [0.5, 0.6) is 0 Å². The molecule has 0 radical (unpaired) electrons. The van der Waals surface area contributed by atoms with Crippen molar-refractivity contribution in [1.82, 2.24) is 10.1 Å². The van der Waals surface area contributed by atoms with E-state index in [-0.39, 0.29) is 9.60 Å². The van der Waals surface area contributed by atoms with Gasteiger partial charge in [0.2, 0.25) is 17.5 Å². The van der Waals surface area contributed by atoms with Crippen LogP contribution in [0.4, 0.5) is 9.09 Å². The Balaban J connectivity index is 0.00000178. The summed E-state index contributed by atoms with van der Waals surface area (Å²) in [6.07, 6.45) is 0. The Morgan fingerprint density at radius 1 is 1.00 bits per heavy atom. The lowest BCUT2D eigenvalue weighted by Gasteiger charge is -2.58. The number of fused-ring (bicyclic) bond motifs is 1. The minimum atomic E-state index is -4.81. The van der Waals surface area contributed by atoms with Gasteiger partial charge in [-0.1, -0.05) is 5.23 Å². The van der Waals surface area contributed by atoms with Gasteiger partial charge in [-0.15, -0.1) is 13.9 Å². The number of hydroxylamine groups is 2. The Labute approximate surface area is 176 Å². The fourth-order valence-corrected chi connectivity index (χ4v) is 8.69. The molecule has 8 saturated heterocycles. The Hall–Kier alpha value is -1.12. The van der Waals surface area contributed by atoms with E-state index in [1.54, 1.807) is 0 Å². The Morgan fingerprint density at radius 2 is 1.76 bits per heavy atom. The van der Waals surface area contributed by atoms with Crippen LogP contribution in [0.25, 0.3) is 0 Å². The van der Waals surface area contributed by atoms with Crippen molar-refractivity contribution in [3.05, 3.63) is 11.7 Å². The summed E-state index contributed by atoms with van der Waals surface area (Å²) < 4.78 is 111. The molecular formula is C9H4F2N3O16P3. The zero-order valence-electron chi connectivity index (χ0n) is 14.7. The number of hydrogen-bond donors (Lipinski definition) is 1. The van der Waals surface area contributed by atoms with Crippen molar-refractivity contribution in [2.24, 2.45) is 4.99 Å². The Morgan fingerprint density at radius 3 is 2.52 bits per heavy atom. The van der Waals surface area contributed by atoms with Crippen LogP contribution in [0.3, 0.4) is 0 Å². The van der Waals surface area contributed by atoms with Gasteiger partial charge in [0.1, 0.15) is 6.61 Å². The van der Waals surface area contributed by atoms with E-state index in [1.807, 2.05) is 0 Å². The summed E-state index contributed by atoms with van der Waals surface area (Å²) in [5.41, 5.74) is 0. The second-order valence-corrected chi connectivity index (χ2v) is 11.6. The average molecular weight is 541 g/mol. The summed E-state index contributed by atoms with van der Waals surface area (Å²) in [5.74, 6) is -15.4. The lowest BCUT2D eigenvalue weighted by molar-refractivity contribution is -0.487. The van der Waals surface area contributed by atoms with Gasteiger partial charge in [0.25, 0.3) is 5.79 Å². The molecule has 2 unspecified atom stereocenters. The van der Waals surface area contributed by atoms with E-state index in [1.165, 1.54) is 0 Å². The predicted molar refractivity (Wildman–Crippen MR) is 78.3 cm³/mol. The molecule has 24 heteroatoms. The number of amidine groups is 1. The number of aliphatic imine (C=N–C) groups is 1. The monoisotopic (exact) mass is 541 g/mol. The molecular weight excluding hydrogens is 537 g/mol. The number of nitrogens with zero attached hydrogens (tertiary/aromatic N) is 3. The molecule has 19 nitrogen and oxygen atoms in total. The molecule has 33 heavy (non-hydrogen) atoms. The molecule has 180 valence electrons. The second kappa shape index (κ2) is 4.79. The maximum absolute atomic E-state index is 15.9. The number of phosphoric acid groups is 3. The van der Waals surface area contributed by atoms with Crippen molar-refractivity contribution in [2.75, 3.05) is 6.61 Å². The molecule has 0 aromatic carbocycles. The maximum atomic E-state index is 15.9. The molecule has 14 aliphatic heterocycles. The van der Waals surface area contributed by atoms with Crippen LogP contribution in [0.1, 0.15) is 0 Å². The fourth-order valence-electron chi connectivity index (χ4n) is 4.60. The molecule has 4 spiro atoms. The summed E-state index contributed by atoms with van der Waals surface area (Å²) in [4.78, 5) is 9.10. The number of rotatable bonds is 0. The molecule has 0 amide bonds. The molecule has 0 aromatic rings. The third kappa shape index (κ3) is 1.68. The lowest BCUT2D eigenvalue weighted by Crippen LogP contribution is -2.78. The lowest BCUT2D eigenvalue weighted by atomic mass is 9.97. The molecule has 14 aliphatic rings. The van der Waals surface area contributed by atoms with Crippen molar-refractivity contribution >= 4 is 29.3 Å². The molecule has 1 N–H and O–H groups in total. The van der Waals surface area contributed by atoms with Crippen molar-refractivity contribution < 1.29 is 83.3 Å². The van der Waals surface area contributed by atoms with Gasteiger partial charge < -0.3 is 9.84 Å². The quantitative estimate of drug-likeness (QED) is 0.244. The van der Waals surface area contributed by atoms with Crippen molar-refractivity contribution in [3.8, 4) is 0 Å². The Kier molecular flexibility index (Phi) is 2.92. The topological polar surface area (TPSA) is 201 Å². The van der Waals surface area contributed by atoms with E-state index in [2.05, 4.69) is 4.99 Å². The SMILES string of the molecule is F.O=P12OO[C@@]34OP5(=O)OC67O[C@]3(COC3=C(F)N6C(N=C3N3OP(=O)(O3)O[C@@]74O)(O1)O2)O5. The normalized spacial score (nSPS) is 62.1. The molecule has 0 aromatic heterocycles. The first-order valence-corrected chi connectivity index (χ1v) is 12.8. The smallest absolute Gasteiger partial charge is 0.480 e. The highest BCUT2D eigenvalue weighted by Gasteiger charge is 3.03. The van der Waals surface area contributed by atoms with Crippen LogP contribution in [-0.4, -0.2) is 57.0 Å². The molecule has 0 aliphatic carbocycles. The van der Waals surface area contributed by atoms with Crippen LogP contribution in [0.15, 0.2) is 16.7 Å². The molecule has 0 saturated carbocycles. The van der Waals surface area contributed by atoms with Crippen molar-refractivity contribution in [2.45, 2.75) is 29.3 Å². The summed E-state index contributed by atoms with van der Waals surface area (Å²) in [7, 11) is -14.3. The van der Waals surface area contributed by atoms with E-state index >= 15 is 4.39 Å². The number of halogens is 2. The molecule has 14 heterocycles. The highest BCUT2D eigenvalue weighted by molar-refractivity contribution is 7.50. The third-order valence-corrected chi connectivity index (χ3v) is 9.54. The zero-order chi connectivity index (χ0) is 21.8. The van der Waals surface area contributed by atoms with Gasteiger partial charge in [-0.3, -0.25) is 9.44 Å². The van der Waals surface area contributed by atoms with E-state index < -0.39 is 76.9 Å². The third-order valence-electron chi connectivity index (χ3n) is 5.70. The fraction of sp³-hybridized carbons (Fsp3) is 0.667. The van der Waals surface area contributed by atoms with Gasteiger partial charge in [0, 0.05) is 0 Å². The van der Waals surface area contributed by atoms with Crippen LogP contribution >= 0.6 is 23.5 Å². The Bertz CT molecular complexity index is 1300. The minimum absolute atomic E-state index is 0. The average Bonchev–Trinajstić information content (AvgIpc) is 2.89. The first-order valence-electron chi connectivity index (χ1n) is 8.41. The molecule has 12 bridgehead atoms. The van der Waals surface area contributed by atoms with Crippen LogP contribution in [-0.2, 0) is 69.1 Å². The van der Waals surface area contributed by atoms with Gasteiger partial charge in [-0.2, -0.15) is 14.3 Å². The van der Waals surface area contributed by atoms with Crippen LogP contribution < -0.4 is 0 Å². The standard InChI is InChI=1S/C9H3FN3O16P3.FH/c10-3-2-4-11-9-12(3)8-6(14,22-32(17)27-13(4)28-32)7(20-29-31(16,25-9)26-9)5(19-8,1-18-2)21-30(15,23-7)24-8;/h14H,1H2;1H/t5-,6-,7-,8?,9?,30?,31?;/m1./s1. The van der Waals surface area contributed by atoms with Gasteiger partial charge >= 0.3 is 47.0 Å². The zero-order valence-corrected chi connectivity index (χ0v) is 17.4. The maximum Gasteiger partial charge on any atom is 0.525 e. The van der Waals surface area contributed by atoms with Crippen LogP contribution in [0, 0.1) is 0 Å². The van der Waals surface area contributed by atoms with E-state index in [0.29, 0.717) is 5.23 Å². The first kappa shape index (κ1) is 20.1. The predicted octanol–water partition coefficient (Wildman–Crippen LogP) is 0.0172. The second-order valence-electron chi connectivity index (χ2n) is 7.39. The summed E-state index contributed by atoms with van der Waals surface area (Å²) in [6, 6.07) is -2.84. The minimum Gasteiger partial charge on any atom is -0.480 e. The molecule has 5 atom stereocenters. The van der Waals surface area contributed by atoms with Gasteiger partial charge in [0.05, 0.1) is 0 Å². The highest BCUT2D eigenvalue weighted by atomic mass is 31.2. The largest absolute Gasteiger partial charge is 0.525 e. The van der Waals surface area contributed by atoms with Crippen molar-refractivity contribution in [1.29, 1.82) is 0 Å².